The van der Waals surface area contributed by atoms with Crippen molar-refractivity contribution in [2.45, 2.75) is 17.1 Å². The van der Waals surface area contributed by atoms with E-state index in [0.717, 1.165) is 32.5 Å². The molecule has 4 N–H and O–H groups in total. The first-order valence-electron chi connectivity index (χ1n) is 15.2. The quantitative estimate of drug-likeness (QED) is 0.0863. The molecule has 48 heavy (non-hydrogen) atoms. The van der Waals surface area contributed by atoms with Gasteiger partial charge in [0.25, 0.3) is 11.8 Å². The third kappa shape index (κ3) is 7.86. The second-order valence-electron chi connectivity index (χ2n) is 11.0. The molecule has 1 heterocycles. The summed E-state index contributed by atoms with van der Waals surface area (Å²) in [6.45, 7) is 1.89. The van der Waals surface area contributed by atoms with Gasteiger partial charge in [0.15, 0.2) is 0 Å². The highest BCUT2D eigenvalue weighted by atomic mass is 35.5. The minimum atomic E-state index is -0.540. The Hall–Kier alpha value is -5.57. The SMILES string of the molecule is Cc1cc(NC(=O)[C@@H](Sc2ccc(NC(=O)/C(=C\c3c[nH]c4ccccc34)NC(=O)c3ccccc3)cc2)c2ccccc2)ccc1Cl. The lowest BCUT2D eigenvalue weighted by atomic mass is 10.1. The zero-order valence-electron chi connectivity index (χ0n) is 25.9. The van der Waals surface area contributed by atoms with Crippen molar-refractivity contribution in [3.8, 4) is 0 Å². The minimum Gasteiger partial charge on any atom is -0.361 e. The van der Waals surface area contributed by atoms with Gasteiger partial charge in [0.1, 0.15) is 10.9 Å². The lowest BCUT2D eigenvalue weighted by molar-refractivity contribution is -0.116. The highest BCUT2D eigenvalue weighted by molar-refractivity contribution is 8.00. The molecule has 0 aliphatic carbocycles. The molecule has 0 unspecified atom stereocenters. The number of anilines is 2. The summed E-state index contributed by atoms with van der Waals surface area (Å²) in [7, 11) is 0. The van der Waals surface area contributed by atoms with Gasteiger partial charge in [-0.05, 0) is 84.8 Å². The van der Waals surface area contributed by atoms with Crippen LogP contribution in [-0.2, 0) is 9.59 Å². The van der Waals surface area contributed by atoms with E-state index in [2.05, 4.69) is 20.9 Å². The van der Waals surface area contributed by atoms with Gasteiger partial charge in [-0.25, -0.2) is 0 Å². The maximum Gasteiger partial charge on any atom is 0.272 e. The van der Waals surface area contributed by atoms with Crippen molar-refractivity contribution in [1.29, 1.82) is 0 Å². The highest BCUT2D eigenvalue weighted by Crippen LogP contribution is 2.37. The standard InChI is InChI=1S/C39H31ClN4O3S/c1-25-22-30(18-21-33(25)40)43-39(47)36(26-10-4-2-5-11-26)48-31-19-16-29(17-20-31)42-38(46)35(44-37(45)27-12-6-3-7-13-27)23-28-24-41-34-15-9-8-14-32(28)34/h2-24,36,41H,1H3,(H,42,46)(H,43,47)(H,44,45)/b35-23+/t36-/m0/s1. The second kappa shape index (κ2) is 14.9. The molecular weight excluding hydrogens is 640 g/mol. The summed E-state index contributed by atoms with van der Waals surface area (Å²) in [5.41, 5.74) is 5.11. The van der Waals surface area contributed by atoms with Crippen LogP contribution >= 0.6 is 23.4 Å². The molecule has 1 aromatic heterocycles. The summed E-state index contributed by atoms with van der Waals surface area (Å²) in [5, 5.41) is 9.72. The summed E-state index contributed by atoms with van der Waals surface area (Å²) >= 11 is 7.58. The Bertz CT molecular complexity index is 2110. The normalized spacial score (nSPS) is 11.9. The molecule has 0 bridgehead atoms. The number of fused-ring (bicyclic) bond motifs is 1. The molecule has 0 spiro atoms. The summed E-state index contributed by atoms with van der Waals surface area (Å²) in [5.74, 6) is -1.06. The Balaban J connectivity index is 1.21. The maximum absolute atomic E-state index is 13.6. The van der Waals surface area contributed by atoms with E-state index in [-0.39, 0.29) is 11.6 Å². The summed E-state index contributed by atoms with van der Waals surface area (Å²) in [4.78, 5) is 44.3. The number of thioether (sulfide) groups is 1. The van der Waals surface area contributed by atoms with Gasteiger partial charge in [-0.3, -0.25) is 14.4 Å². The zero-order valence-corrected chi connectivity index (χ0v) is 27.4. The van der Waals surface area contributed by atoms with Gasteiger partial charge in [-0.2, -0.15) is 0 Å². The first-order valence-corrected chi connectivity index (χ1v) is 16.4. The number of aromatic amines is 1. The van der Waals surface area contributed by atoms with Crippen molar-refractivity contribution in [1.82, 2.24) is 10.3 Å². The van der Waals surface area contributed by atoms with E-state index in [1.54, 1.807) is 60.8 Å². The fourth-order valence-corrected chi connectivity index (χ4v) is 6.24. The lowest BCUT2D eigenvalue weighted by Gasteiger charge is -2.18. The van der Waals surface area contributed by atoms with Crippen LogP contribution in [0.2, 0.25) is 5.02 Å². The van der Waals surface area contributed by atoms with Gasteiger partial charge in [-0.15, -0.1) is 11.8 Å². The number of nitrogens with one attached hydrogen (secondary N) is 4. The molecule has 3 amide bonds. The van der Waals surface area contributed by atoms with Crippen LogP contribution in [0.4, 0.5) is 11.4 Å². The van der Waals surface area contributed by atoms with Crippen molar-refractivity contribution < 1.29 is 14.4 Å². The van der Waals surface area contributed by atoms with E-state index in [4.69, 9.17) is 11.6 Å². The van der Waals surface area contributed by atoms with Gasteiger partial charge >= 0.3 is 0 Å². The average molecular weight is 671 g/mol. The predicted molar refractivity (Wildman–Crippen MR) is 195 cm³/mol. The molecule has 0 radical (unpaired) electrons. The second-order valence-corrected chi connectivity index (χ2v) is 12.6. The van der Waals surface area contributed by atoms with E-state index < -0.39 is 17.1 Å². The van der Waals surface area contributed by atoms with Crippen LogP contribution in [-0.4, -0.2) is 22.7 Å². The summed E-state index contributed by atoms with van der Waals surface area (Å²) in [6.07, 6.45) is 3.45. The number of hydrogen-bond donors (Lipinski definition) is 4. The van der Waals surface area contributed by atoms with E-state index in [1.165, 1.54) is 11.8 Å². The van der Waals surface area contributed by atoms with Crippen molar-refractivity contribution in [2.75, 3.05) is 10.6 Å². The number of H-pyrrole nitrogens is 1. The number of benzene rings is 5. The fourth-order valence-electron chi connectivity index (χ4n) is 5.09. The van der Waals surface area contributed by atoms with Gasteiger partial charge < -0.3 is 20.9 Å². The first kappa shape index (κ1) is 32.4. The van der Waals surface area contributed by atoms with Crippen LogP contribution in [0.1, 0.15) is 32.3 Å². The van der Waals surface area contributed by atoms with Crippen molar-refractivity contribution in [3.05, 3.63) is 167 Å². The number of rotatable bonds is 10. The fraction of sp³-hybridized carbons (Fsp3) is 0.0513. The molecule has 6 aromatic rings. The van der Waals surface area contributed by atoms with Crippen molar-refractivity contribution in [2.24, 2.45) is 0 Å². The predicted octanol–water partition coefficient (Wildman–Crippen LogP) is 9.01. The van der Waals surface area contributed by atoms with Crippen LogP contribution in [0, 0.1) is 6.92 Å². The first-order chi connectivity index (χ1) is 23.3. The van der Waals surface area contributed by atoms with Gasteiger partial charge in [0.2, 0.25) is 5.91 Å². The Kier molecular flexibility index (Phi) is 10.0. The number of amides is 3. The van der Waals surface area contributed by atoms with Crippen LogP contribution < -0.4 is 16.0 Å². The number of aryl methyl sites for hydroxylation is 1. The number of halogens is 1. The summed E-state index contributed by atoms with van der Waals surface area (Å²) < 4.78 is 0. The number of carbonyl (C=O) groups is 3. The average Bonchev–Trinajstić information content (AvgIpc) is 3.52. The third-order valence-electron chi connectivity index (χ3n) is 7.58. The molecule has 5 aromatic carbocycles. The zero-order chi connectivity index (χ0) is 33.5. The van der Waals surface area contributed by atoms with Gasteiger partial charge in [0, 0.05) is 49.5 Å². The van der Waals surface area contributed by atoms with E-state index in [1.807, 2.05) is 85.8 Å². The molecule has 0 saturated carbocycles. The minimum absolute atomic E-state index is 0.0882. The number of carbonyl (C=O) groups excluding carboxylic acids is 3. The monoisotopic (exact) mass is 670 g/mol. The molecule has 1 atom stereocenters. The Morgan fingerprint density at radius 1 is 0.771 bits per heavy atom. The smallest absolute Gasteiger partial charge is 0.272 e. The van der Waals surface area contributed by atoms with Crippen LogP contribution in [0.15, 0.2) is 144 Å². The third-order valence-corrected chi connectivity index (χ3v) is 9.27. The molecule has 9 heteroatoms. The van der Waals surface area contributed by atoms with Crippen LogP contribution in [0.3, 0.4) is 0 Å². The maximum atomic E-state index is 13.6. The topological polar surface area (TPSA) is 103 Å². The molecule has 6 rings (SSSR count). The van der Waals surface area contributed by atoms with Gasteiger partial charge in [0.05, 0.1) is 0 Å². The molecular formula is C39H31ClN4O3S. The van der Waals surface area contributed by atoms with Crippen LogP contribution in [0.25, 0.3) is 17.0 Å². The van der Waals surface area contributed by atoms with E-state index >= 15 is 0 Å². The van der Waals surface area contributed by atoms with Crippen molar-refractivity contribution >= 4 is 69.4 Å². The number of hydrogen-bond acceptors (Lipinski definition) is 4. The molecule has 7 nitrogen and oxygen atoms in total. The lowest BCUT2D eigenvalue weighted by Crippen LogP contribution is -2.30. The molecule has 0 fully saturated rings. The van der Waals surface area contributed by atoms with Gasteiger partial charge in [-0.1, -0.05) is 78.3 Å². The van der Waals surface area contributed by atoms with Crippen LogP contribution in [0.5, 0.6) is 0 Å². The number of aromatic nitrogens is 1. The molecule has 0 aliphatic heterocycles. The molecule has 0 aliphatic rings. The largest absolute Gasteiger partial charge is 0.361 e. The molecule has 0 saturated heterocycles. The Morgan fingerprint density at radius 2 is 1.44 bits per heavy atom. The summed E-state index contributed by atoms with van der Waals surface area (Å²) in [6, 6.07) is 38.6. The Labute approximate surface area is 287 Å². The van der Waals surface area contributed by atoms with E-state index in [0.29, 0.717) is 22.0 Å². The van der Waals surface area contributed by atoms with Crippen molar-refractivity contribution in [3.63, 3.8) is 0 Å². The highest BCUT2D eigenvalue weighted by Gasteiger charge is 2.23. The number of para-hydroxylation sites is 1. The Morgan fingerprint density at radius 3 is 2.17 bits per heavy atom. The molecule has 238 valence electrons. The van der Waals surface area contributed by atoms with E-state index in [9.17, 15) is 14.4 Å².